The van der Waals surface area contributed by atoms with Crippen LogP contribution in [0.15, 0.2) is 4.99 Å². The van der Waals surface area contributed by atoms with Gasteiger partial charge in [0.2, 0.25) is 0 Å². The highest BCUT2D eigenvalue weighted by Gasteiger charge is 2.83. The van der Waals surface area contributed by atoms with E-state index in [9.17, 15) is 20.4 Å². The van der Waals surface area contributed by atoms with Crippen molar-refractivity contribution in [2.75, 3.05) is 0 Å². The van der Waals surface area contributed by atoms with Crippen LogP contribution in [-0.2, 0) is 4.74 Å². The van der Waals surface area contributed by atoms with Crippen LogP contribution < -0.4 is 11.1 Å². The standard InChI is InChI=1S/C11H17N3O5/c1-2-3-4-7(16)13-9(12)14-10(4)6(15)5(2)19-11(3,18)8(10)17/h2-8,15-18H,1H3,(H3,12,13,14)/t2-,3+,4-,5-,6?,7-,8+,10-,11+/m1/s1. The lowest BCUT2D eigenvalue weighted by Crippen LogP contribution is -2.77. The molecule has 3 heterocycles. The fourth-order valence-corrected chi connectivity index (χ4v) is 4.75. The Bertz CT molecular complexity index is 487. The van der Waals surface area contributed by atoms with E-state index in [1.54, 1.807) is 0 Å². The Morgan fingerprint density at radius 3 is 2.68 bits per heavy atom. The van der Waals surface area contributed by atoms with Gasteiger partial charge in [0, 0.05) is 11.8 Å². The van der Waals surface area contributed by atoms with Crippen LogP contribution in [0.5, 0.6) is 0 Å². The highest BCUT2D eigenvalue weighted by Crippen LogP contribution is 2.65. The zero-order valence-electron chi connectivity index (χ0n) is 10.3. The van der Waals surface area contributed by atoms with E-state index in [1.807, 2.05) is 6.92 Å². The minimum atomic E-state index is -1.78. The maximum absolute atomic E-state index is 10.6. The average molecular weight is 271 g/mol. The number of nitrogens with zero attached hydrogens (tertiary/aromatic N) is 1. The summed E-state index contributed by atoms with van der Waals surface area (Å²) in [6.07, 6.45) is -4.24. The molecule has 0 aromatic heterocycles. The topological polar surface area (TPSA) is 141 Å². The Morgan fingerprint density at radius 1 is 1.32 bits per heavy atom. The third kappa shape index (κ3) is 0.975. The molecule has 0 amide bonds. The van der Waals surface area contributed by atoms with Crippen molar-refractivity contribution < 1.29 is 25.2 Å². The Balaban J connectivity index is 1.95. The second-order valence-corrected chi connectivity index (χ2v) is 6.08. The van der Waals surface area contributed by atoms with Crippen molar-refractivity contribution in [3.63, 3.8) is 0 Å². The molecule has 5 rings (SSSR count). The smallest absolute Gasteiger partial charge is 0.198 e. The first kappa shape index (κ1) is 11.9. The van der Waals surface area contributed by atoms with Crippen LogP contribution in [0, 0.1) is 17.8 Å². The van der Waals surface area contributed by atoms with Crippen LogP contribution in [0.25, 0.3) is 0 Å². The molecule has 8 nitrogen and oxygen atoms in total. The van der Waals surface area contributed by atoms with Crippen LogP contribution in [0.2, 0.25) is 0 Å². The number of nitrogens with one attached hydrogen (secondary N) is 1. The summed E-state index contributed by atoms with van der Waals surface area (Å²) in [5.41, 5.74) is 4.30. The molecular formula is C11H17N3O5. The van der Waals surface area contributed by atoms with Crippen LogP contribution in [0.4, 0.5) is 0 Å². The normalized spacial score (nSPS) is 65.7. The van der Waals surface area contributed by atoms with Crippen molar-refractivity contribution >= 4 is 5.96 Å². The first-order chi connectivity index (χ1) is 8.84. The molecule has 8 heteroatoms. The molecule has 7 N–H and O–H groups in total. The van der Waals surface area contributed by atoms with Gasteiger partial charge in [0.05, 0.1) is 6.10 Å². The summed E-state index contributed by atoms with van der Waals surface area (Å²) < 4.78 is 5.46. The summed E-state index contributed by atoms with van der Waals surface area (Å²) in [4.78, 5) is 3.84. The van der Waals surface area contributed by atoms with Crippen molar-refractivity contribution in [3.8, 4) is 0 Å². The molecule has 5 aliphatic rings. The molecule has 1 unspecified atom stereocenters. The van der Waals surface area contributed by atoms with E-state index in [0.29, 0.717) is 0 Å². The van der Waals surface area contributed by atoms with Gasteiger partial charge in [-0.25, -0.2) is 4.99 Å². The summed E-state index contributed by atoms with van der Waals surface area (Å²) in [5.74, 6) is -3.18. The van der Waals surface area contributed by atoms with Gasteiger partial charge >= 0.3 is 0 Å². The number of hydrogen-bond donors (Lipinski definition) is 6. The first-order valence-corrected chi connectivity index (χ1v) is 6.40. The molecule has 106 valence electrons. The number of guanidine groups is 1. The lowest BCUT2D eigenvalue weighted by atomic mass is 9.64. The van der Waals surface area contributed by atoms with Gasteiger partial charge in [0.1, 0.15) is 17.7 Å². The van der Waals surface area contributed by atoms with Crippen molar-refractivity contribution in [1.29, 1.82) is 0 Å². The van der Waals surface area contributed by atoms with Crippen LogP contribution in [-0.4, -0.2) is 62.3 Å². The van der Waals surface area contributed by atoms with Crippen molar-refractivity contribution in [2.24, 2.45) is 28.5 Å². The largest absolute Gasteiger partial charge is 0.388 e. The summed E-state index contributed by atoms with van der Waals surface area (Å²) in [5, 5.41) is 44.5. The van der Waals surface area contributed by atoms with E-state index in [0.717, 1.165) is 0 Å². The number of aliphatic imine (C=N–C) groups is 1. The second-order valence-electron chi connectivity index (χ2n) is 6.08. The van der Waals surface area contributed by atoms with Gasteiger partial charge in [-0.1, -0.05) is 6.92 Å². The molecule has 2 saturated carbocycles. The van der Waals surface area contributed by atoms with Gasteiger partial charge in [0.25, 0.3) is 0 Å². The number of rotatable bonds is 0. The highest BCUT2D eigenvalue weighted by molar-refractivity contribution is 5.80. The van der Waals surface area contributed by atoms with E-state index in [2.05, 4.69) is 10.3 Å². The van der Waals surface area contributed by atoms with Gasteiger partial charge in [0.15, 0.2) is 18.0 Å². The summed E-state index contributed by atoms with van der Waals surface area (Å²) >= 11 is 0. The number of ether oxygens (including phenoxy) is 1. The Hall–Kier alpha value is -0.930. The molecule has 4 bridgehead atoms. The molecule has 0 aromatic carbocycles. The molecule has 2 saturated heterocycles. The molecule has 2 aliphatic carbocycles. The fourth-order valence-electron chi connectivity index (χ4n) is 4.75. The Morgan fingerprint density at radius 2 is 2.00 bits per heavy atom. The Kier molecular flexibility index (Phi) is 1.90. The first-order valence-electron chi connectivity index (χ1n) is 6.40. The van der Waals surface area contributed by atoms with E-state index >= 15 is 0 Å². The third-order valence-corrected chi connectivity index (χ3v) is 5.41. The van der Waals surface area contributed by atoms with Gasteiger partial charge in [-0.15, -0.1) is 0 Å². The molecule has 0 radical (unpaired) electrons. The zero-order chi connectivity index (χ0) is 13.7. The lowest BCUT2D eigenvalue weighted by Gasteiger charge is -2.53. The van der Waals surface area contributed by atoms with E-state index in [1.165, 1.54) is 0 Å². The quantitative estimate of drug-likeness (QED) is 0.271. The van der Waals surface area contributed by atoms with Crippen LogP contribution >= 0.6 is 0 Å². The Labute approximate surface area is 108 Å². The van der Waals surface area contributed by atoms with Gasteiger partial charge in [-0.05, 0) is 5.92 Å². The molecule has 0 aromatic rings. The summed E-state index contributed by atoms with van der Waals surface area (Å²) in [6, 6.07) is 0. The monoisotopic (exact) mass is 271 g/mol. The summed E-state index contributed by atoms with van der Waals surface area (Å²) in [6.45, 7) is 1.83. The highest BCUT2D eigenvalue weighted by atomic mass is 16.7. The number of aliphatic hydroxyl groups is 4. The third-order valence-electron chi connectivity index (χ3n) is 5.41. The maximum Gasteiger partial charge on any atom is 0.198 e. The lowest BCUT2D eigenvalue weighted by molar-refractivity contribution is -0.298. The minimum Gasteiger partial charge on any atom is -0.388 e. The second kappa shape index (κ2) is 3.04. The van der Waals surface area contributed by atoms with Crippen LogP contribution in [0.1, 0.15) is 6.92 Å². The zero-order valence-corrected chi connectivity index (χ0v) is 10.3. The number of nitrogens with two attached hydrogens (primary N) is 1. The van der Waals surface area contributed by atoms with Crippen molar-refractivity contribution in [1.82, 2.24) is 5.32 Å². The van der Waals surface area contributed by atoms with Crippen molar-refractivity contribution in [2.45, 2.75) is 42.8 Å². The number of hydrogen-bond acceptors (Lipinski definition) is 8. The fraction of sp³-hybridized carbons (Fsp3) is 0.909. The SMILES string of the molecule is C[C@@H]1[C@H]2[C@@H]3[C@@H](O)N=C(N)N[C@@]34C(O)[C@@H]1O[C@]2(O)[C@H]4O. The molecule has 19 heavy (non-hydrogen) atoms. The predicted octanol–water partition coefficient (Wildman–Crippen LogP) is -3.33. The predicted molar refractivity (Wildman–Crippen MR) is 61.5 cm³/mol. The molecule has 9 atom stereocenters. The van der Waals surface area contributed by atoms with Gasteiger partial charge < -0.3 is 36.2 Å². The molecule has 3 aliphatic heterocycles. The van der Waals surface area contributed by atoms with Crippen molar-refractivity contribution in [3.05, 3.63) is 0 Å². The van der Waals surface area contributed by atoms with Crippen LogP contribution in [0.3, 0.4) is 0 Å². The van der Waals surface area contributed by atoms with Gasteiger partial charge in [-0.2, -0.15) is 0 Å². The van der Waals surface area contributed by atoms with Gasteiger partial charge in [-0.3, -0.25) is 0 Å². The molecule has 1 spiro atoms. The minimum absolute atomic E-state index is 0.0555. The summed E-state index contributed by atoms with van der Waals surface area (Å²) in [7, 11) is 0. The number of aliphatic hydroxyl groups excluding tert-OH is 3. The molecular weight excluding hydrogens is 254 g/mol. The van der Waals surface area contributed by atoms with E-state index in [-0.39, 0.29) is 11.9 Å². The maximum atomic E-state index is 10.6. The van der Waals surface area contributed by atoms with E-state index < -0.39 is 47.7 Å². The van der Waals surface area contributed by atoms with E-state index in [4.69, 9.17) is 10.5 Å². The molecule has 4 fully saturated rings. The average Bonchev–Trinajstić information content (AvgIpc) is 2.64.